The van der Waals surface area contributed by atoms with Gasteiger partial charge in [0, 0.05) is 38.0 Å². The van der Waals surface area contributed by atoms with E-state index < -0.39 is 0 Å². The summed E-state index contributed by atoms with van der Waals surface area (Å²) in [5.74, 6) is 1.78. The van der Waals surface area contributed by atoms with Crippen LogP contribution in [0.3, 0.4) is 0 Å². The van der Waals surface area contributed by atoms with Gasteiger partial charge in [0.15, 0.2) is 0 Å². The second-order valence-corrected chi connectivity index (χ2v) is 8.83. The summed E-state index contributed by atoms with van der Waals surface area (Å²) in [6.45, 7) is 6.62. The molecule has 174 valence electrons. The van der Waals surface area contributed by atoms with Crippen LogP contribution in [0.4, 0.5) is 0 Å². The molecule has 0 bridgehead atoms. The summed E-state index contributed by atoms with van der Waals surface area (Å²) in [7, 11) is 1.66. The van der Waals surface area contributed by atoms with E-state index >= 15 is 0 Å². The van der Waals surface area contributed by atoms with E-state index in [1.165, 1.54) is 5.56 Å². The zero-order valence-electron chi connectivity index (χ0n) is 19.3. The van der Waals surface area contributed by atoms with Crippen LogP contribution in [0, 0.1) is 5.92 Å². The van der Waals surface area contributed by atoms with Gasteiger partial charge < -0.3 is 14.2 Å². The van der Waals surface area contributed by atoms with Gasteiger partial charge in [-0.05, 0) is 48.2 Å². The highest BCUT2D eigenvalue weighted by Gasteiger charge is 2.43. The first-order chi connectivity index (χ1) is 16.1. The van der Waals surface area contributed by atoms with Crippen molar-refractivity contribution in [1.82, 2.24) is 9.91 Å². The number of ether oxygens (including phenoxy) is 3. The van der Waals surface area contributed by atoms with Crippen LogP contribution >= 0.6 is 0 Å². The van der Waals surface area contributed by atoms with E-state index in [4.69, 9.17) is 19.3 Å². The molecule has 0 N–H and O–H groups in total. The van der Waals surface area contributed by atoms with Gasteiger partial charge >= 0.3 is 0 Å². The maximum atomic E-state index is 12.5. The zero-order chi connectivity index (χ0) is 22.8. The number of aryl methyl sites for hydroxylation is 1. The van der Waals surface area contributed by atoms with Crippen LogP contribution in [0.5, 0.6) is 11.5 Å². The Morgan fingerprint density at radius 2 is 1.88 bits per heavy atom. The molecule has 0 spiro atoms. The number of hydrogen-bond donors (Lipinski definition) is 0. The summed E-state index contributed by atoms with van der Waals surface area (Å²) < 4.78 is 16.8. The number of carbonyl (C=O) groups excluding carboxylic acids is 1. The lowest BCUT2D eigenvalue weighted by molar-refractivity contribution is -0.131. The van der Waals surface area contributed by atoms with Crippen LogP contribution in [0.15, 0.2) is 47.6 Å². The van der Waals surface area contributed by atoms with Crippen LogP contribution in [-0.2, 0) is 16.0 Å². The summed E-state index contributed by atoms with van der Waals surface area (Å²) in [5, 5.41) is 6.49. The normalized spacial score (nSPS) is 22.4. The quantitative estimate of drug-likeness (QED) is 0.677. The van der Waals surface area contributed by atoms with Gasteiger partial charge in [0.1, 0.15) is 18.1 Å². The lowest BCUT2D eigenvalue weighted by Crippen LogP contribution is -2.38. The third-order valence-corrected chi connectivity index (χ3v) is 6.85. The summed E-state index contributed by atoms with van der Waals surface area (Å²) >= 11 is 0. The van der Waals surface area contributed by atoms with Crippen molar-refractivity contribution in [2.75, 3.05) is 46.6 Å². The minimum atomic E-state index is -0.0950. The molecule has 1 amide bonds. The molecular weight excluding hydrogens is 418 g/mol. The highest BCUT2D eigenvalue weighted by atomic mass is 16.5. The third kappa shape index (κ3) is 4.48. The average Bonchev–Trinajstić information content (AvgIpc) is 3.25. The van der Waals surface area contributed by atoms with Crippen molar-refractivity contribution in [3.8, 4) is 11.5 Å². The van der Waals surface area contributed by atoms with E-state index in [2.05, 4.69) is 23.1 Å². The number of rotatable bonds is 6. The standard InChI is InChI=1S/C26H31N3O4/c1-18(30)29-26(20-4-7-21(31-2)8-5-20)23-10-6-19-3-9-22(17-24(19)25(23)27-29)33-16-13-28-11-14-32-15-12-28/h3-5,7-9,17,23,26H,6,10-16H2,1-2H3/t23-,26-/m0/s1. The Bertz CT molecular complexity index is 1030. The Balaban J connectivity index is 1.36. The largest absolute Gasteiger partial charge is 0.497 e. The van der Waals surface area contributed by atoms with Crippen LogP contribution < -0.4 is 9.47 Å². The number of carbonyl (C=O) groups is 1. The predicted octanol–water partition coefficient (Wildman–Crippen LogP) is 3.28. The van der Waals surface area contributed by atoms with E-state index in [1.54, 1.807) is 19.0 Å². The van der Waals surface area contributed by atoms with E-state index in [1.807, 2.05) is 24.3 Å². The van der Waals surface area contributed by atoms with Crippen LogP contribution in [-0.4, -0.2) is 68.1 Å². The van der Waals surface area contributed by atoms with Crippen molar-refractivity contribution >= 4 is 11.6 Å². The predicted molar refractivity (Wildman–Crippen MR) is 126 cm³/mol. The summed E-state index contributed by atoms with van der Waals surface area (Å²) in [6.07, 6.45) is 1.93. The van der Waals surface area contributed by atoms with Gasteiger partial charge in [-0.2, -0.15) is 5.10 Å². The molecule has 7 heteroatoms. The number of methoxy groups -OCH3 is 1. The van der Waals surface area contributed by atoms with E-state index in [-0.39, 0.29) is 17.9 Å². The fraction of sp³-hybridized carbons (Fsp3) is 0.462. The molecule has 0 saturated carbocycles. The fourth-order valence-electron chi connectivity index (χ4n) is 5.09. The van der Waals surface area contributed by atoms with Crippen LogP contribution in [0.1, 0.15) is 36.1 Å². The lowest BCUT2D eigenvalue weighted by atomic mass is 9.77. The van der Waals surface area contributed by atoms with Crippen molar-refractivity contribution in [3.63, 3.8) is 0 Å². The maximum absolute atomic E-state index is 12.5. The SMILES string of the molecule is COc1ccc([C@H]2[C@H]3CCc4ccc(OCCN5CCOCC5)cc4C3=NN2C(C)=O)cc1. The molecule has 2 aromatic rings. The minimum Gasteiger partial charge on any atom is -0.497 e. The van der Waals surface area contributed by atoms with Crippen molar-refractivity contribution in [3.05, 3.63) is 59.2 Å². The molecule has 5 rings (SSSR count). The van der Waals surface area contributed by atoms with E-state index in [0.29, 0.717) is 6.61 Å². The molecule has 1 fully saturated rings. The second-order valence-electron chi connectivity index (χ2n) is 8.83. The van der Waals surface area contributed by atoms with Gasteiger partial charge in [-0.3, -0.25) is 9.69 Å². The van der Waals surface area contributed by atoms with Gasteiger partial charge in [0.2, 0.25) is 5.91 Å². The Morgan fingerprint density at radius 3 is 2.61 bits per heavy atom. The first kappa shape index (κ1) is 21.9. The number of hydrazone groups is 1. The molecule has 3 aliphatic rings. The lowest BCUT2D eigenvalue weighted by Gasteiger charge is -2.29. The molecule has 2 atom stereocenters. The number of morpholine rings is 1. The van der Waals surface area contributed by atoms with E-state index in [0.717, 1.165) is 74.0 Å². The molecule has 1 aliphatic carbocycles. The molecule has 0 unspecified atom stereocenters. The molecule has 7 nitrogen and oxygen atoms in total. The second kappa shape index (κ2) is 9.53. The highest BCUT2D eigenvalue weighted by Crippen LogP contribution is 2.44. The van der Waals surface area contributed by atoms with Gasteiger partial charge in [0.05, 0.1) is 32.1 Å². The first-order valence-corrected chi connectivity index (χ1v) is 11.7. The number of benzene rings is 2. The van der Waals surface area contributed by atoms with Crippen molar-refractivity contribution in [1.29, 1.82) is 0 Å². The van der Waals surface area contributed by atoms with Crippen molar-refractivity contribution in [2.45, 2.75) is 25.8 Å². The van der Waals surface area contributed by atoms with Gasteiger partial charge in [-0.1, -0.05) is 18.2 Å². The number of nitrogens with zero attached hydrogens (tertiary/aromatic N) is 3. The van der Waals surface area contributed by atoms with Crippen LogP contribution in [0.25, 0.3) is 0 Å². The smallest absolute Gasteiger partial charge is 0.240 e. The topological polar surface area (TPSA) is 63.6 Å². The minimum absolute atomic E-state index is 0.0443. The number of amides is 1. The Kier molecular flexibility index (Phi) is 6.33. The third-order valence-electron chi connectivity index (χ3n) is 6.85. The average molecular weight is 450 g/mol. The molecule has 0 aromatic heterocycles. The molecule has 0 radical (unpaired) electrons. The molecule has 1 saturated heterocycles. The summed E-state index contributed by atoms with van der Waals surface area (Å²) in [6, 6.07) is 14.2. The first-order valence-electron chi connectivity index (χ1n) is 11.7. The maximum Gasteiger partial charge on any atom is 0.240 e. The van der Waals surface area contributed by atoms with Gasteiger partial charge in [-0.15, -0.1) is 0 Å². The monoisotopic (exact) mass is 449 g/mol. The van der Waals surface area contributed by atoms with Crippen molar-refractivity contribution in [2.24, 2.45) is 11.0 Å². The fourth-order valence-corrected chi connectivity index (χ4v) is 5.09. The molecule has 2 heterocycles. The van der Waals surface area contributed by atoms with Crippen LogP contribution in [0.2, 0.25) is 0 Å². The number of fused-ring (bicyclic) bond motifs is 3. The molecule has 2 aliphatic heterocycles. The Labute approximate surface area is 194 Å². The van der Waals surface area contributed by atoms with Crippen molar-refractivity contribution < 1.29 is 19.0 Å². The molecule has 2 aromatic carbocycles. The number of hydrogen-bond acceptors (Lipinski definition) is 6. The highest BCUT2D eigenvalue weighted by molar-refractivity contribution is 6.07. The molecular formula is C26H31N3O4. The zero-order valence-corrected chi connectivity index (χ0v) is 19.3. The Morgan fingerprint density at radius 1 is 1.12 bits per heavy atom. The van der Waals surface area contributed by atoms with E-state index in [9.17, 15) is 4.79 Å². The van der Waals surface area contributed by atoms with Gasteiger partial charge in [0.25, 0.3) is 0 Å². The Hall–Kier alpha value is -2.90. The molecule has 33 heavy (non-hydrogen) atoms. The summed E-state index contributed by atoms with van der Waals surface area (Å²) in [5.41, 5.74) is 4.45. The van der Waals surface area contributed by atoms with Gasteiger partial charge in [-0.25, -0.2) is 5.01 Å². The summed E-state index contributed by atoms with van der Waals surface area (Å²) in [4.78, 5) is 14.9.